The van der Waals surface area contributed by atoms with E-state index in [9.17, 15) is 5.11 Å². The van der Waals surface area contributed by atoms with Gasteiger partial charge in [-0.05, 0) is 19.3 Å². The van der Waals surface area contributed by atoms with Crippen LogP contribution in [-0.2, 0) is 4.84 Å². The van der Waals surface area contributed by atoms with E-state index in [-0.39, 0.29) is 6.10 Å². The second-order valence-electron chi connectivity index (χ2n) is 3.30. The highest BCUT2D eigenvalue weighted by Gasteiger charge is 2.15. The highest BCUT2D eigenvalue weighted by atomic mass is 16.6. The van der Waals surface area contributed by atoms with Gasteiger partial charge in [-0.15, -0.1) is 0 Å². The van der Waals surface area contributed by atoms with Gasteiger partial charge in [0.15, 0.2) is 0 Å². The van der Waals surface area contributed by atoms with Crippen LogP contribution in [0.5, 0.6) is 0 Å². The molecular formula is C8H18N2O2. The van der Waals surface area contributed by atoms with Gasteiger partial charge in [-0.3, -0.25) is 0 Å². The van der Waals surface area contributed by atoms with Gasteiger partial charge in [0.2, 0.25) is 0 Å². The van der Waals surface area contributed by atoms with Gasteiger partial charge in [-0.1, -0.05) is 0 Å². The minimum absolute atomic E-state index is 0.0768. The molecule has 0 aromatic carbocycles. The van der Waals surface area contributed by atoms with Crippen LogP contribution >= 0.6 is 0 Å². The molecule has 0 aliphatic carbocycles. The maximum Gasteiger partial charge on any atom is 0.0691 e. The van der Waals surface area contributed by atoms with Crippen molar-refractivity contribution < 1.29 is 9.94 Å². The first-order chi connectivity index (χ1) is 5.83. The fourth-order valence-electron chi connectivity index (χ4n) is 1.51. The minimum Gasteiger partial charge on any atom is -0.393 e. The van der Waals surface area contributed by atoms with E-state index in [1.807, 2.05) is 0 Å². The molecule has 1 aliphatic heterocycles. The number of piperidine rings is 1. The van der Waals surface area contributed by atoms with Gasteiger partial charge in [0, 0.05) is 19.6 Å². The van der Waals surface area contributed by atoms with Crippen molar-refractivity contribution in [3.05, 3.63) is 0 Å². The summed E-state index contributed by atoms with van der Waals surface area (Å²) >= 11 is 0. The first-order valence-electron chi connectivity index (χ1n) is 4.55. The van der Waals surface area contributed by atoms with Crippen LogP contribution in [0.2, 0.25) is 0 Å². The van der Waals surface area contributed by atoms with E-state index in [1.165, 1.54) is 0 Å². The van der Waals surface area contributed by atoms with E-state index in [2.05, 4.69) is 9.74 Å². The zero-order valence-corrected chi connectivity index (χ0v) is 7.41. The average molecular weight is 174 g/mol. The number of hydrogen-bond donors (Lipinski definition) is 2. The predicted molar refractivity (Wildman–Crippen MR) is 46.4 cm³/mol. The molecule has 4 heteroatoms. The molecule has 0 aromatic heterocycles. The lowest BCUT2D eigenvalue weighted by molar-refractivity contribution is 0.0723. The summed E-state index contributed by atoms with van der Waals surface area (Å²) in [5, 5.41) is 9.23. The molecule has 72 valence electrons. The Balaban J connectivity index is 2.01. The lowest BCUT2D eigenvalue weighted by atomic mass is 10.1. The van der Waals surface area contributed by atoms with Crippen LogP contribution in [0.25, 0.3) is 0 Å². The van der Waals surface area contributed by atoms with Gasteiger partial charge >= 0.3 is 0 Å². The number of aliphatic hydroxyl groups is 1. The smallest absolute Gasteiger partial charge is 0.0691 e. The van der Waals surface area contributed by atoms with Gasteiger partial charge < -0.3 is 14.8 Å². The minimum atomic E-state index is -0.0768. The predicted octanol–water partition coefficient (Wildman–Crippen LogP) is -0.277. The Morgan fingerprint density at radius 3 is 2.67 bits per heavy atom. The summed E-state index contributed by atoms with van der Waals surface area (Å²) in [4.78, 5) is 6.82. The molecule has 0 aromatic rings. The van der Waals surface area contributed by atoms with Gasteiger partial charge in [0.25, 0.3) is 0 Å². The second kappa shape index (κ2) is 5.48. The Hall–Kier alpha value is -0.160. The van der Waals surface area contributed by atoms with Crippen LogP contribution in [0, 0.1) is 0 Å². The summed E-state index contributed by atoms with van der Waals surface area (Å²) in [6.45, 7) is 3.67. The average Bonchev–Trinajstić information content (AvgIpc) is 2.09. The largest absolute Gasteiger partial charge is 0.393 e. The molecule has 4 nitrogen and oxygen atoms in total. The lowest BCUT2D eigenvalue weighted by Gasteiger charge is -2.29. The molecule has 0 bridgehead atoms. The van der Waals surface area contributed by atoms with Crippen molar-refractivity contribution in [3.63, 3.8) is 0 Å². The zero-order valence-electron chi connectivity index (χ0n) is 7.41. The Bertz CT molecular complexity index is 114. The molecule has 0 saturated carbocycles. The fourth-order valence-corrected chi connectivity index (χ4v) is 1.51. The summed E-state index contributed by atoms with van der Waals surface area (Å²) in [6.07, 6.45) is 2.71. The SMILES string of the molecule is NOCCCN1CCC(O)CC1. The van der Waals surface area contributed by atoms with Crippen molar-refractivity contribution in [1.29, 1.82) is 0 Å². The van der Waals surface area contributed by atoms with Gasteiger partial charge in [-0.25, -0.2) is 5.90 Å². The lowest BCUT2D eigenvalue weighted by Crippen LogP contribution is -2.36. The van der Waals surface area contributed by atoms with Crippen molar-refractivity contribution >= 4 is 0 Å². The summed E-state index contributed by atoms with van der Waals surface area (Å²) in [7, 11) is 0. The highest BCUT2D eigenvalue weighted by Crippen LogP contribution is 2.09. The molecule has 0 atom stereocenters. The Morgan fingerprint density at radius 1 is 1.42 bits per heavy atom. The van der Waals surface area contributed by atoms with Gasteiger partial charge in [0.1, 0.15) is 0 Å². The van der Waals surface area contributed by atoms with E-state index in [0.29, 0.717) is 6.61 Å². The van der Waals surface area contributed by atoms with Crippen molar-refractivity contribution in [2.24, 2.45) is 5.90 Å². The van der Waals surface area contributed by atoms with Crippen LogP contribution in [0.15, 0.2) is 0 Å². The number of likely N-dealkylation sites (tertiary alicyclic amines) is 1. The fraction of sp³-hybridized carbons (Fsp3) is 1.00. The summed E-state index contributed by atoms with van der Waals surface area (Å²) < 4.78 is 0. The third-order valence-electron chi connectivity index (χ3n) is 2.29. The molecule has 0 amide bonds. The maximum absolute atomic E-state index is 9.23. The molecule has 0 radical (unpaired) electrons. The van der Waals surface area contributed by atoms with Crippen LogP contribution < -0.4 is 5.90 Å². The van der Waals surface area contributed by atoms with Gasteiger partial charge in [0.05, 0.1) is 12.7 Å². The molecule has 1 saturated heterocycles. The quantitative estimate of drug-likeness (QED) is 0.455. The Labute approximate surface area is 73.2 Å². The molecule has 1 rings (SSSR count). The number of nitrogens with zero attached hydrogens (tertiary/aromatic N) is 1. The summed E-state index contributed by atoms with van der Waals surface area (Å²) in [6, 6.07) is 0. The molecule has 0 spiro atoms. The summed E-state index contributed by atoms with van der Waals surface area (Å²) in [5.41, 5.74) is 0. The Kier molecular flexibility index (Phi) is 4.53. The van der Waals surface area contributed by atoms with E-state index in [0.717, 1.165) is 38.9 Å². The first kappa shape index (κ1) is 9.92. The van der Waals surface area contributed by atoms with E-state index >= 15 is 0 Å². The topological polar surface area (TPSA) is 58.7 Å². The van der Waals surface area contributed by atoms with Crippen LogP contribution in [-0.4, -0.2) is 42.4 Å². The normalized spacial score (nSPS) is 21.5. The first-order valence-corrected chi connectivity index (χ1v) is 4.55. The maximum atomic E-state index is 9.23. The number of hydrogen-bond acceptors (Lipinski definition) is 4. The van der Waals surface area contributed by atoms with E-state index < -0.39 is 0 Å². The molecule has 12 heavy (non-hydrogen) atoms. The monoisotopic (exact) mass is 174 g/mol. The number of aliphatic hydroxyl groups excluding tert-OH is 1. The number of rotatable bonds is 4. The zero-order chi connectivity index (χ0) is 8.81. The molecular weight excluding hydrogens is 156 g/mol. The molecule has 1 heterocycles. The molecule has 3 N–H and O–H groups in total. The van der Waals surface area contributed by atoms with Crippen LogP contribution in [0.4, 0.5) is 0 Å². The third-order valence-corrected chi connectivity index (χ3v) is 2.29. The van der Waals surface area contributed by atoms with Crippen LogP contribution in [0.1, 0.15) is 19.3 Å². The van der Waals surface area contributed by atoms with Crippen molar-refractivity contribution in [2.75, 3.05) is 26.2 Å². The number of nitrogens with two attached hydrogens (primary N) is 1. The second-order valence-corrected chi connectivity index (χ2v) is 3.30. The highest BCUT2D eigenvalue weighted by molar-refractivity contribution is 4.70. The van der Waals surface area contributed by atoms with Crippen LogP contribution in [0.3, 0.4) is 0 Å². The summed E-state index contributed by atoms with van der Waals surface area (Å²) in [5.74, 6) is 4.91. The standard InChI is InChI=1S/C8H18N2O2/c9-12-7-1-4-10-5-2-8(11)3-6-10/h8,11H,1-7,9H2. The van der Waals surface area contributed by atoms with E-state index in [1.54, 1.807) is 0 Å². The Morgan fingerprint density at radius 2 is 2.08 bits per heavy atom. The molecule has 1 fully saturated rings. The van der Waals surface area contributed by atoms with Crippen molar-refractivity contribution in [2.45, 2.75) is 25.4 Å². The third kappa shape index (κ3) is 3.49. The molecule has 0 unspecified atom stereocenters. The van der Waals surface area contributed by atoms with Crippen molar-refractivity contribution in [3.8, 4) is 0 Å². The van der Waals surface area contributed by atoms with Crippen molar-refractivity contribution in [1.82, 2.24) is 4.90 Å². The van der Waals surface area contributed by atoms with E-state index in [4.69, 9.17) is 5.90 Å². The van der Waals surface area contributed by atoms with Gasteiger partial charge in [-0.2, -0.15) is 0 Å². The molecule has 1 aliphatic rings.